The lowest BCUT2D eigenvalue weighted by Crippen LogP contribution is -2.17. The molecule has 0 saturated heterocycles. The predicted octanol–water partition coefficient (Wildman–Crippen LogP) is 3.72. The maximum Gasteiger partial charge on any atom is 0.271 e. The number of nitrogens with one attached hydrogen (secondary N) is 2. The molecule has 0 aliphatic rings. The second-order valence-electron chi connectivity index (χ2n) is 6.64. The van der Waals surface area contributed by atoms with E-state index in [1.807, 2.05) is 24.3 Å². The van der Waals surface area contributed by atoms with Crippen molar-refractivity contribution in [3.63, 3.8) is 0 Å². The smallest absolute Gasteiger partial charge is 0.271 e. The normalized spacial score (nSPS) is 11.0. The highest BCUT2D eigenvalue weighted by Crippen LogP contribution is 2.28. The van der Waals surface area contributed by atoms with E-state index in [1.54, 1.807) is 43.5 Å². The Labute approximate surface area is 178 Å². The van der Waals surface area contributed by atoms with Crippen molar-refractivity contribution in [3.8, 4) is 28.6 Å². The van der Waals surface area contributed by atoms with Gasteiger partial charge in [-0.1, -0.05) is 6.07 Å². The number of aromatic nitrogens is 2. The number of benzene rings is 3. The molecule has 8 heteroatoms. The number of nitrogens with zero attached hydrogens (tertiary/aromatic N) is 2. The molecule has 0 radical (unpaired) electrons. The predicted molar refractivity (Wildman–Crippen MR) is 118 cm³/mol. The Morgan fingerprint density at radius 1 is 1.10 bits per heavy atom. The first-order chi connectivity index (χ1) is 15.1. The van der Waals surface area contributed by atoms with Crippen LogP contribution < -0.4 is 14.9 Å². The number of phenols is 1. The van der Waals surface area contributed by atoms with E-state index >= 15 is 0 Å². The number of imidazole rings is 1. The van der Waals surface area contributed by atoms with Gasteiger partial charge in [0.25, 0.3) is 5.91 Å². The van der Waals surface area contributed by atoms with Gasteiger partial charge in [0.05, 0.1) is 31.5 Å². The number of rotatable bonds is 6. The average Bonchev–Trinajstić information content (AvgIpc) is 3.23. The van der Waals surface area contributed by atoms with E-state index in [0.29, 0.717) is 22.7 Å². The fourth-order valence-electron chi connectivity index (χ4n) is 3.07. The van der Waals surface area contributed by atoms with Gasteiger partial charge >= 0.3 is 0 Å². The van der Waals surface area contributed by atoms with E-state index in [4.69, 9.17) is 9.47 Å². The van der Waals surface area contributed by atoms with Gasteiger partial charge < -0.3 is 19.6 Å². The fourth-order valence-corrected chi connectivity index (χ4v) is 3.07. The van der Waals surface area contributed by atoms with Gasteiger partial charge in [-0.2, -0.15) is 5.10 Å². The first-order valence-corrected chi connectivity index (χ1v) is 9.42. The lowest BCUT2D eigenvalue weighted by molar-refractivity contribution is 0.0955. The van der Waals surface area contributed by atoms with Crippen LogP contribution in [0.1, 0.15) is 15.9 Å². The molecule has 1 amide bonds. The summed E-state index contributed by atoms with van der Waals surface area (Å²) in [5.41, 5.74) is 5.68. The minimum atomic E-state index is -0.388. The number of amides is 1. The number of hydrogen-bond donors (Lipinski definition) is 3. The molecule has 0 atom stereocenters. The standard InChI is InChI=1S/C23H20N4O4/c1-30-17-9-6-14(7-10-17)22-25-18-11-8-15(12-19(18)26-22)23(29)27-24-13-16-4-3-5-20(31-2)21(16)28/h3-13,28H,1-2H3,(H,25,26)(H,27,29)/b24-13+. The number of fused-ring (bicyclic) bond motifs is 1. The van der Waals surface area contributed by atoms with Gasteiger partial charge in [0.15, 0.2) is 11.5 Å². The van der Waals surface area contributed by atoms with Crippen LogP contribution in [0.3, 0.4) is 0 Å². The number of hydrogen-bond acceptors (Lipinski definition) is 6. The van der Waals surface area contributed by atoms with Crippen LogP contribution in [0.4, 0.5) is 0 Å². The van der Waals surface area contributed by atoms with Crippen molar-refractivity contribution in [2.24, 2.45) is 5.10 Å². The van der Waals surface area contributed by atoms with Crippen molar-refractivity contribution in [3.05, 3.63) is 71.8 Å². The third-order valence-electron chi connectivity index (χ3n) is 4.73. The molecule has 1 heterocycles. The number of carbonyl (C=O) groups excluding carboxylic acids is 1. The molecule has 4 rings (SSSR count). The summed E-state index contributed by atoms with van der Waals surface area (Å²) in [6.45, 7) is 0. The number of carbonyl (C=O) groups is 1. The van der Waals surface area contributed by atoms with Crippen LogP contribution in [0.2, 0.25) is 0 Å². The van der Waals surface area contributed by atoms with Crippen LogP contribution >= 0.6 is 0 Å². The number of phenolic OH excluding ortho intramolecular Hbond substituents is 1. The van der Waals surface area contributed by atoms with Crippen LogP contribution in [0, 0.1) is 0 Å². The van der Waals surface area contributed by atoms with E-state index in [1.165, 1.54) is 13.3 Å². The summed E-state index contributed by atoms with van der Waals surface area (Å²) >= 11 is 0. The molecule has 8 nitrogen and oxygen atoms in total. The Bertz CT molecular complexity index is 1260. The SMILES string of the molecule is COc1ccc(-c2nc3ccc(C(=O)N/N=C/c4cccc(OC)c4O)cc3[nH]2)cc1. The Kier molecular flexibility index (Phi) is 5.53. The van der Waals surface area contributed by atoms with Crippen LogP contribution in [-0.2, 0) is 0 Å². The Balaban J connectivity index is 1.51. The topological polar surface area (TPSA) is 109 Å². The van der Waals surface area contributed by atoms with Crippen LogP contribution in [0.5, 0.6) is 17.2 Å². The molecule has 3 aromatic carbocycles. The molecular formula is C23H20N4O4. The molecule has 1 aromatic heterocycles. The molecule has 0 unspecified atom stereocenters. The van der Waals surface area contributed by atoms with Gasteiger partial charge in [-0.3, -0.25) is 4.79 Å². The molecule has 0 fully saturated rings. The zero-order valence-electron chi connectivity index (χ0n) is 16.9. The third kappa shape index (κ3) is 4.18. The third-order valence-corrected chi connectivity index (χ3v) is 4.73. The Hall–Kier alpha value is -4.33. The monoisotopic (exact) mass is 416 g/mol. The number of ether oxygens (including phenoxy) is 2. The van der Waals surface area contributed by atoms with E-state index in [9.17, 15) is 9.90 Å². The molecule has 0 bridgehead atoms. The van der Waals surface area contributed by atoms with Gasteiger partial charge in [-0.05, 0) is 54.6 Å². The van der Waals surface area contributed by atoms with Crippen LogP contribution in [-0.4, -0.2) is 41.4 Å². The largest absolute Gasteiger partial charge is 0.504 e. The van der Waals surface area contributed by atoms with E-state index < -0.39 is 0 Å². The summed E-state index contributed by atoms with van der Waals surface area (Å²) < 4.78 is 10.2. The zero-order valence-corrected chi connectivity index (χ0v) is 16.9. The van der Waals surface area contributed by atoms with Gasteiger partial charge in [-0.25, -0.2) is 10.4 Å². The van der Waals surface area contributed by atoms with E-state index in [-0.39, 0.29) is 11.7 Å². The summed E-state index contributed by atoms with van der Waals surface area (Å²) in [6, 6.07) is 17.7. The summed E-state index contributed by atoms with van der Waals surface area (Å²) in [5.74, 6) is 1.35. The average molecular weight is 416 g/mol. The zero-order chi connectivity index (χ0) is 21.8. The number of aromatic hydroxyl groups is 1. The molecule has 0 aliphatic carbocycles. The van der Waals surface area contributed by atoms with Crippen molar-refractivity contribution in [1.82, 2.24) is 15.4 Å². The minimum absolute atomic E-state index is 0.0482. The maximum atomic E-state index is 12.5. The van der Waals surface area contributed by atoms with Crippen molar-refractivity contribution in [2.75, 3.05) is 14.2 Å². The van der Waals surface area contributed by atoms with Gasteiger partial charge in [0.1, 0.15) is 11.6 Å². The molecule has 4 aromatic rings. The number of hydrazone groups is 1. The lowest BCUT2D eigenvalue weighted by atomic mass is 10.2. The highest BCUT2D eigenvalue weighted by Gasteiger charge is 2.10. The van der Waals surface area contributed by atoms with Gasteiger partial charge in [0.2, 0.25) is 0 Å². The van der Waals surface area contributed by atoms with E-state index in [2.05, 4.69) is 20.5 Å². The Morgan fingerprint density at radius 2 is 1.90 bits per heavy atom. The number of methoxy groups -OCH3 is 2. The van der Waals surface area contributed by atoms with E-state index in [0.717, 1.165) is 22.3 Å². The molecule has 0 spiro atoms. The fraction of sp³-hybridized carbons (Fsp3) is 0.0870. The lowest BCUT2D eigenvalue weighted by Gasteiger charge is -2.05. The first-order valence-electron chi connectivity index (χ1n) is 9.42. The van der Waals surface area contributed by atoms with Crippen molar-refractivity contribution in [1.29, 1.82) is 0 Å². The first kappa shape index (κ1) is 20.0. The Morgan fingerprint density at radius 3 is 2.65 bits per heavy atom. The minimum Gasteiger partial charge on any atom is -0.504 e. The summed E-state index contributed by atoms with van der Waals surface area (Å²) in [7, 11) is 3.08. The number of para-hydroxylation sites is 1. The summed E-state index contributed by atoms with van der Waals surface area (Å²) in [4.78, 5) is 20.3. The second-order valence-corrected chi connectivity index (χ2v) is 6.64. The van der Waals surface area contributed by atoms with Gasteiger partial charge in [-0.15, -0.1) is 0 Å². The quantitative estimate of drug-likeness (QED) is 0.328. The second kappa shape index (κ2) is 8.58. The van der Waals surface area contributed by atoms with Gasteiger partial charge in [0, 0.05) is 16.7 Å². The number of H-pyrrole nitrogens is 1. The highest BCUT2D eigenvalue weighted by molar-refractivity contribution is 5.98. The summed E-state index contributed by atoms with van der Waals surface area (Å²) in [6.07, 6.45) is 1.35. The van der Waals surface area contributed by atoms with Crippen LogP contribution in [0.15, 0.2) is 65.8 Å². The molecule has 156 valence electrons. The van der Waals surface area contributed by atoms with Crippen LogP contribution in [0.25, 0.3) is 22.4 Å². The molecule has 3 N–H and O–H groups in total. The van der Waals surface area contributed by atoms with Crippen molar-refractivity contribution in [2.45, 2.75) is 0 Å². The number of aromatic amines is 1. The van der Waals surface area contributed by atoms with Crippen molar-refractivity contribution >= 4 is 23.2 Å². The molecule has 0 saturated carbocycles. The molecule has 0 aliphatic heterocycles. The maximum absolute atomic E-state index is 12.5. The summed E-state index contributed by atoms with van der Waals surface area (Å²) in [5, 5.41) is 14.0. The van der Waals surface area contributed by atoms with Crippen molar-refractivity contribution < 1.29 is 19.4 Å². The highest BCUT2D eigenvalue weighted by atomic mass is 16.5. The molecule has 31 heavy (non-hydrogen) atoms. The molecular weight excluding hydrogens is 396 g/mol.